The fourth-order valence-corrected chi connectivity index (χ4v) is 4.48. The highest BCUT2D eigenvalue weighted by atomic mass is 32.2. The number of halogens is 1. The topological polar surface area (TPSA) is 93.2 Å². The van der Waals surface area contributed by atoms with Gasteiger partial charge in [-0.15, -0.1) is 0 Å². The maximum absolute atomic E-state index is 13.0. The third kappa shape index (κ3) is 6.48. The summed E-state index contributed by atoms with van der Waals surface area (Å²) < 4.78 is 49.8. The Kier molecular flexibility index (Phi) is 8.34. The highest BCUT2D eigenvalue weighted by molar-refractivity contribution is 7.89. The largest absolute Gasteiger partial charge is 0.453 e. The molecule has 3 unspecified atom stereocenters. The van der Waals surface area contributed by atoms with Crippen LogP contribution in [0.1, 0.15) is 33.6 Å². The predicted octanol–water partition coefficient (Wildman–Crippen LogP) is 1.79. The Labute approximate surface area is 177 Å². The molecular weight excluding hydrogens is 415 g/mol. The molecule has 3 atom stereocenters. The number of carbonyl (C=O) groups excluding carboxylic acids is 2. The molecule has 2 rings (SSSR count). The second kappa shape index (κ2) is 10.3. The summed E-state index contributed by atoms with van der Waals surface area (Å²) in [6.07, 6.45) is -0.895. The average molecular weight is 445 g/mol. The normalized spacial score (nSPS) is 20.8. The molecule has 1 heterocycles. The van der Waals surface area contributed by atoms with Gasteiger partial charge in [0, 0.05) is 33.1 Å². The second-order valence-corrected chi connectivity index (χ2v) is 9.56. The van der Waals surface area contributed by atoms with Crippen molar-refractivity contribution in [2.24, 2.45) is 0 Å². The lowest BCUT2D eigenvalue weighted by Crippen LogP contribution is -2.51. The van der Waals surface area contributed by atoms with Crippen LogP contribution in [0.15, 0.2) is 29.2 Å². The number of carbonyl (C=O) groups is 2. The molecule has 168 valence electrons. The van der Waals surface area contributed by atoms with Crippen LogP contribution in [0.5, 0.6) is 0 Å². The first-order chi connectivity index (χ1) is 14.0. The first-order valence-corrected chi connectivity index (χ1v) is 11.3. The van der Waals surface area contributed by atoms with Gasteiger partial charge in [0.2, 0.25) is 10.0 Å². The summed E-state index contributed by atoms with van der Waals surface area (Å²) in [5.74, 6) is -1.37. The van der Waals surface area contributed by atoms with E-state index >= 15 is 0 Å². The number of ether oxygens (including phenoxy) is 2. The lowest BCUT2D eigenvalue weighted by atomic mass is 10.2. The van der Waals surface area contributed by atoms with Crippen molar-refractivity contribution in [2.75, 3.05) is 26.7 Å². The fraction of sp³-hybridized carbons (Fsp3) is 0.600. The van der Waals surface area contributed by atoms with Crippen LogP contribution in [0.4, 0.5) is 4.39 Å². The number of hydrogen-bond donors (Lipinski definition) is 0. The third-order valence-corrected chi connectivity index (χ3v) is 6.63. The summed E-state index contributed by atoms with van der Waals surface area (Å²) in [5, 5.41) is 0. The van der Waals surface area contributed by atoms with E-state index in [1.54, 1.807) is 4.90 Å². The number of esters is 1. The van der Waals surface area contributed by atoms with Gasteiger partial charge in [0.15, 0.2) is 6.10 Å². The molecule has 0 radical (unpaired) electrons. The van der Waals surface area contributed by atoms with E-state index in [-0.39, 0.29) is 42.4 Å². The molecule has 0 saturated carbocycles. The van der Waals surface area contributed by atoms with Gasteiger partial charge in [-0.2, -0.15) is 0 Å². The molecule has 1 aliphatic rings. The Hall–Kier alpha value is -2.04. The van der Waals surface area contributed by atoms with Gasteiger partial charge in [0.1, 0.15) is 5.82 Å². The number of benzene rings is 1. The Morgan fingerprint density at radius 1 is 1.23 bits per heavy atom. The summed E-state index contributed by atoms with van der Waals surface area (Å²) in [7, 11) is -2.39. The molecule has 1 amide bonds. The van der Waals surface area contributed by atoms with E-state index < -0.39 is 27.9 Å². The zero-order valence-corrected chi connectivity index (χ0v) is 18.5. The van der Waals surface area contributed by atoms with Crippen LogP contribution in [0.3, 0.4) is 0 Å². The van der Waals surface area contributed by atoms with E-state index in [4.69, 9.17) is 9.47 Å². The van der Waals surface area contributed by atoms with Crippen molar-refractivity contribution in [3.05, 3.63) is 30.1 Å². The Morgan fingerprint density at radius 2 is 1.80 bits per heavy atom. The molecule has 1 saturated heterocycles. The molecule has 1 aromatic rings. The van der Waals surface area contributed by atoms with E-state index in [1.807, 2.05) is 13.8 Å². The summed E-state index contributed by atoms with van der Waals surface area (Å²) in [6, 6.07) is 4.53. The predicted molar refractivity (Wildman–Crippen MR) is 108 cm³/mol. The SMILES string of the molecule is CC1CN(C(=O)C(C)OC(=O)CCCN(C)S(=O)(=O)c2ccc(F)cc2)CC(C)O1. The molecule has 10 heteroatoms. The molecule has 1 aliphatic heterocycles. The monoisotopic (exact) mass is 444 g/mol. The van der Waals surface area contributed by atoms with Crippen molar-refractivity contribution >= 4 is 21.9 Å². The molecule has 0 spiro atoms. The minimum Gasteiger partial charge on any atom is -0.453 e. The highest BCUT2D eigenvalue weighted by Gasteiger charge is 2.30. The van der Waals surface area contributed by atoms with E-state index in [2.05, 4.69) is 0 Å². The van der Waals surface area contributed by atoms with Crippen molar-refractivity contribution in [1.82, 2.24) is 9.21 Å². The minimum atomic E-state index is -3.77. The Bertz CT molecular complexity index is 835. The van der Waals surface area contributed by atoms with Gasteiger partial charge < -0.3 is 14.4 Å². The second-order valence-electron chi connectivity index (χ2n) is 7.52. The number of amides is 1. The van der Waals surface area contributed by atoms with Crippen molar-refractivity contribution in [3.63, 3.8) is 0 Å². The molecule has 0 aromatic heterocycles. The standard InChI is InChI=1S/C20H29FN2O6S/c1-14-12-23(13-15(2)28-14)20(25)16(3)29-19(24)6-5-11-22(4)30(26,27)18-9-7-17(21)8-10-18/h7-10,14-16H,5-6,11-13H2,1-4H3. The molecule has 8 nitrogen and oxygen atoms in total. The van der Waals surface area contributed by atoms with Gasteiger partial charge in [0.25, 0.3) is 5.91 Å². The average Bonchev–Trinajstić information content (AvgIpc) is 2.66. The van der Waals surface area contributed by atoms with Crippen LogP contribution < -0.4 is 0 Å². The molecule has 0 bridgehead atoms. The lowest BCUT2D eigenvalue weighted by molar-refractivity contribution is -0.164. The summed E-state index contributed by atoms with van der Waals surface area (Å²) in [5.41, 5.74) is 0. The first-order valence-electron chi connectivity index (χ1n) is 9.86. The zero-order chi connectivity index (χ0) is 22.5. The van der Waals surface area contributed by atoms with Crippen LogP contribution in [0.25, 0.3) is 0 Å². The zero-order valence-electron chi connectivity index (χ0n) is 17.7. The molecule has 0 N–H and O–H groups in total. The fourth-order valence-electron chi connectivity index (χ4n) is 3.27. The Balaban J connectivity index is 1.79. The molecule has 1 aromatic carbocycles. The van der Waals surface area contributed by atoms with Gasteiger partial charge in [-0.1, -0.05) is 0 Å². The summed E-state index contributed by atoms with van der Waals surface area (Å²) in [4.78, 5) is 26.2. The quantitative estimate of drug-likeness (QED) is 0.568. The number of morpholine rings is 1. The van der Waals surface area contributed by atoms with Crippen molar-refractivity contribution in [3.8, 4) is 0 Å². The number of rotatable bonds is 8. The van der Waals surface area contributed by atoms with Crippen LogP contribution >= 0.6 is 0 Å². The van der Waals surface area contributed by atoms with E-state index in [1.165, 1.54) is 26.1 Å². The highest BCUT2D eigenvalue weighted by Crippen LogP contribution is 2.16. The van der Waals surface area contributed by atoms with Crippen LogP contribution in [-0.4, -0.2) is 74.5 Å². The molecule has 30 heavy (non-hydrogen) atoms. The number of nitrogens with zero attached hydrogens (tertiary/aromatic N) is 2. The smallest absolute Gasteiger partial charge is 0.306 e. The van der Waals surface area contributed by atoms with E-state index in [9.17, 15) is 22.4 Å². The maximum atomic E-state index is 13.0. The molecule has 1 fully saturated rings. The van der Waals surface area contributed by atoms with Gasteiger partial charge in [-0.25, -0.2) is 17.1 Å². The molecular formula is C20H29FN2O6S. The van der Waals surface area contributed by atoms with Crippen LogP contribution in [-0.2, 0) is 29.1 Å². The number of hydrogen-bond acceptors (Lipinski definition) is 6. The van der Waals surface area contributed by atoms with E-state index in [0.29, 0.717) is 13.1 Å². The van der Waals surface area contributed by atoms with Crippen LogP contribution in [0, 0.1) is 5.82 Å². The van der Waals surface area contributed by atoms with Crippen molar-refractivity contribution in [1.29, 1.82) is 0 Å². The summed E-state index contributed by atoms with van der Waals surface area (Å²) >= 11 is 0. The van der Waals surface area contributed by atoms with Gasteiger partial charge in [-0.05, 0) is 51.5 Å². The third-order valence-electron chi connectivity index (χ3n) is 4.76. The van der Waals surface area contributed by atoms with Gasteiger partial charge in [-0.3, -0.25) is 9.59 Å². The van der Waals surface area contributed by atoms with Gasteiger partial charge >= 0.3 is 5.97 Å². The first kappa shape index (κ1) is 24.2. The van der Waals surface area contributed by atoms with Crippen molar-refractivity contribution in [2.45, 2.75) is 56.8 Å². The maximum Gasteiger partial charge on any atom is 0.306 e. The van der Waals surface area contributed by atoms with E-state index in [0.717, 1.165) is 16.4 Å². The van der Waals surface area contributed by atoms with Crippen LogP contribution in [0.2, 0.25) is 0 Å². The number of sulfonamides is 1. The Morgan fingerprint density at radius 3 is 2.37 bits per heavy atom. The lowest BCUT2D eigenvalue weighted by Gasteiger charge is -2.36. The summed E-state index contributed by atoms with van der Waals surface area (Å²) in [6.45, 7) is 6.24. The van der Waals surface area contributed by atoms with Gasteiger partial charge in [0.05, 0.1) is 17.1 Å². The minimum absolute atomic E-state index is 0.0258. The van der Waals surface area contributed by atoms with Crippen molar-refractivity contribution < 1.29 is 31.9 Å². The molecule has 0 aliphatic carbocycles.